The van der Waals surface area contributed by atoms with Crippen molar-refractivity contribution in [2.24, 2.45) is 0 Å². The quantitative estimate of drug-likeness (QED) is 0.280. The summed E-state index contributed by atoms with van der Waals surface area (Å²) in [6.45, 7) is 2.78. The van der Waals surface area contributed by atoms with Gasteiger partial charge in [0.15, 0.2) is 0 Å². The van der Waals surface area contributed by atoms with Crippen LogP contribution in [0.4, 0.5) is 74.6 Å². The Kier molecular flexibility index (Phi) is 7.16. The van der Waals surface area contributed by atoms with Crippen molar-refractivity contribution in [3.8, 4) is 0 Å². The van der Waals surface area contributed by atoms with E-state index in [0.717, 1.165) is 24.3 Å². The maximum atomic E-state index is 13.9. The lowest BCUT2D eigenvalue weighted by atomic mass is 9.87. The Hall–Kier alpha value is -2.23. The van der Waals surface area contributed by atoms with E-state index in [1.807, 2.05) is 0 Å². The van der Waals surface area contributed by atoms with Gasteiger partial charge >= 0.3 is 47.6 Å². The molecule has 0 aliphatic heterocycles. The van der Waals surface area contributed by atoms with Crippen LogP contribution in [-0.4, -0.2) is 47.6 Å². The molecule has 0 spiro atoms. The van der Waals surface area contributed by atoms with Gasteiger partial charge in [0, 0.05) is 6.42 Å². The summed E-state index contributed by atoms with van der Waals surface area (Å²) in [5.41, 5.74) is -1.65. The van der Waals surface area contributed by atoms with Crippen molar-refractivity contribution in [1.82, 2.24) is 0 Å². The average Bonchev–Trinajstić information content (AvgIpc) is 2.66. The van der Waals surface area contributed by atoms with Crippen LogP contribution < -0.4 is 0 Å². The largest absolute Gasteiger partial charge is 0.460 e. The molecule has 0 aliphatic rings. The van der Waals surface area contributed by atoms with Crippen molar-refractivity contribution in [3.63, 3.8) is 0 Å². The Morgan fingerprint density at radius 2 is 0.824 bits per heavy atom. The van der Waals surface area contributed by atoms with E-state index in [0.29, 0.717) is 0 Å². The Balaban J connectivity index is 3.54. The predicted octanol–water partition coefficient (Wildman–Crippen LogP) is 8.10. The van der Waals surface area contributed by atoms with Crippen LogP contribution in [0.1, 0.15) is 12.0 Å². The van der Waals surface area contributed by atoms with E-state index in [1.54, 1.807) is 0 Å². The molecule has 0 atom stereocenters. The van der Waals surface area contributed by atoms with E-state index in [9.17, 15) is 74.6 Å². The van der Waals surface area contributed by atoms with E-state index in [1.165, 1.54) is 6.07 Å². The minimum absolute atomic E-state index is 0.477. The van der Waals surface area contributed by atoms with Gasteiger partial charge in [-0.1, -0.05) is 36.9 Å². The molecule has 17 heteroatoms. The highest BCUT2D eigenvalue weighted by atomic mass is 19.4. The van der Waals surface area contributed by atoms with Gasteiger partial charge in [0.25, 0.3) is 0 Å². The topological polar surface area (TPSA) is 0 Å². The molecular weight excluding hydrogens is 527 g/mol. The summed E-state index contributed by atoms with van der Waals surface area (Å²) in [6.07, 6.45) is -10.4. The van der Waals surface area contributed by atoms with Crippen molar-refractivity contribution in [2.75, 3.05) is 0 Å². The molecule has 0 saturated carbocycles. The molecule has 0 nitrogen and oxygen atoms in total. The van der Waals surface area contributed by atoms with Crippen LogP contribution in [-0.2, 0) is 0 Å². The maximum Gasteiger partial charge on any atom is 0.460 e. The van der Waals surface area contributed by atoms with Crippen molar-refractivity contribution >= 4 is 5.57 Å². The van der Waals surface area contributed by atoms with Gasteiger partial charge in [-0.05, 0) is 11.1 Å². The van der Waals surface area contributed by atoms with Crippen molar-refractivity contribution in [1.29, 1.82) is 0 Å². The van der Waals surface area contributed by atoms with E-state index in [4.69, 9.17) is 0 Å². The molecule has 0 N–H and O–H groups in total. The number of alkyl halides is 17. The number of rotatable bonds is 9. The molecule has 0 unspecified atom stereocenters. The zero-order chi connectivity index (χ0) is 27.4. The Bertz CT molecular complexity index is 879. The van der Waals surface area contributed by atoms with E-state index in [2.05, 4.69) is 6.58 Å². The molecule has 0 bridgehead atoms. The molecule has 0 saturated heterocycles. The summed E-state index contributed by atoms with van der Waals surface area (Å²) in [5, 5.41) is 0. The predicted molar refractivity (Wildman–Crippen MR) is 80.8 cm³/mol. The fourth-order valence-electron chi connectivity index (χ4n) is 2.35. The van der Waals surface area contributed by atoms with E-state index >= 15 is 0 Å². The van der Waals surface area contributed by atoms with Crippen LogP contribution >= 0.6 is 0 Å². The molecule has 1 aromatic rings. The first-order valence-corrected chi connectivity index (χ1v) is 8.18. The molecule has 0 fully saturated rings. The first kappa shape index (κ1) is 29.8. The van der Waals surface area contributed by atoms with Gasteiger partial charge in [-0.25, -0.2) is 0 Å². The summed E-state index contributed by atoms with van der Waals surface area (Å²) in [7, 11) is 0. The molecule has 0 aliphatic carbocycles. The highest BCUT2D eigenvalue weighted by Crippen LogP contribution is 2.64. The molecule has 1 rings (SSSR count). The molecule has 0 radical (unpaired) electrons. The van der Waals surface area contributed by atoms with Crippen LogP contribution in [0.25, 0.3) is 5.57 Å². The summed E-state index contributed by atoms with van der Waals surface area (Å²) >= 11 is 0. The zero-order valence-electron chi connectivity index (χ0n) is 15.7. The number of halogens is 17. The summed E-state index contributed by atoms with van der Waals surface area (Å²) in [6, 6.07) is 5.12. The number of hydrogen-bond acceptors (Lipinski definition) is 0. The van der Waals surface area contributed by atoms with Gasteiger partial charge in [0.05, 0.1) is 0 Å². The van der Waals surface area contributed by atoms with E-state index < -0.39 is 65.2 Å². The van der Waals surface area contributed by atoms with Crippen molar-refractivity contribution < 1.29 is 74.6 Å². The maximum absolute atomic E-state index is 13.9. The molecular formula is C17H9F17. The normalized spacial score (nSPS) is 15.4. The molecule has 1 aromatic carbocycles. The lowest BCUT2D eigenvalue weighted by molar-refractivity contribution is -0.461. The second-order valence-corrected chi connectivity index (χ2v) is 6.79. The summed E-state index contributed by atoms with van der Waals surface area (Å²) in [5.74, 6) is -56.3. The second-order valence-electron chi connectivity index (χ2n) is 6.79. The van der Waals surface area contributed by atoms with Crippen LogP contribution in [0.5, 0.6) is 0 Å². The second kappa shape index (κ2) is 8.17. The van der Waals surface area contributed by atoms with Crippen LogP contribution in [0.15, 0.2) is 36.9 Å². The fourth-order valence-corrected chi connectivity index (χ4v) is 2.35. The fraction of sp³-hybridized carbons (Fsp3) is 0.529. The highest BCUT2D eigenvalue weighted by Gasteiger charge is 2.95. The third-order valence-electron chi connectivity index (χ3n) is 4.40. The summed E-state index contributed by atoms with van der Waals surface area (Å²) in [4.78, 5) is 0. The molecule has 0 heterocycles. The number of benzene rings is 1. The minimum atomic E-state index is -8.63. The lowest BCUT2D eigenvalue weighted by Gasteiger charge is -2.42. The Morgan fingerprint density at radius 1 is 0.500 bits per heavy atom. The average molecular weight is 536 g/mol. The monoisotopic (exact) mass is 536 g/mol. The number of allylic oxidation sites excluding steroid dienone is 1. The number of hydrogen-bond donors (Lipinski definition) is 0. The van der Waals surface area contributed by atoms with Crippen LogP contribution in [0.2, 0.25) is 0 Å². The third kappa shape index (κ3) is 4.07. The lowest BCUT2D eigenvalue weighted by Crippen LogP contribution is -2.74. The smallest absolute Gasteiger partial charge is 0.199 e. The Labute approximate surface area is 178 Å². The standard InChI is InChI=1S/C17H9F17/c1-8(9-5-3-2-4-6-9)7-10(18,19)11(20,21)12(22,23)13(24,25)14(26,27)15(28,29)16(30,31)17(32,33)34/h2-6H,1,7H2. The van der Waals surface area contributed by atoms with Gasteiger partial charge in [-0.3, -0.25) is 0 Å². The third-order valence-corrected chi connectivity index (χ3v) is 4.40. The van der Waals surface area contributed by atoms with Gasteiger partial charge in [-0.2, -0.15) is 74.6 Å². The van der Waals surface area contributed by atoms with Crippen molar-refractivity contribution in [3.05, 3.63) is 42.5 Å². The van der Waals surface area contributed by atoms with Crippen LogP contribution in [0, 0.1) is 0 Å². The zero-order valence-corrected chi connectivity index (χ0v) is 15.7. The first-order chi connectivity index (χ1) is 14.7. The SMILES string of the molecule is C=C(CC(F)(F)C(F)(F)C(F)(F)C(F)(F)C(F)(F)C(F)(F)C(F)(F)C(F)(F)F)c1ccccc1. The molecule has 0 aromatic heterocycles. The van der Waals surface area contributed by atoms with Gasteiger partial charge in [0.1, 0.15) is 0 Å². The van der Waals surface area contributed by atoms with Gasteiger partial charge in [0.2, 0.25) is 0 Å². The van der Waals surface area contributed by atoms with Crippen LogP contribution in [0.3, 0.4) is 0 Å². The van der Waals surface area contributed by atoms with E-state index in [-0.39, 0.29) is 0 Å². The molecule has 196 valence electrons. The minimum Gasteiger partial charge on any atom is -0.199 e. The molecule has 0 amide bonds. The Morgan fingerprint density at radius 3 is 1.18 bits per heavy atom. The van der Waals surface area contributed by atoms with Crippen molar-refractivity contribution in [2.45, 2.75) is 54.1 Å². The van der Waals surface area contributed by atoms with Gasteiger partial charge in [-0.15, -0.1) is 0 Å². The first-order valence-electron chi connectivity index (χ1n) is 8.18. The highest BCUT2D eigenvalue weighted by molar-refractivity contribution is 5.64. The molecule has 34 heavy (non-hydrogen) atoms. The summed E-state index contributed by atoms with van der Waals surface area (Å²) < 4.78 is 224. The van der Waals surface area contributed by atoms with Gasteiger partial charge < -0.3 is 0 Å².